The van der Waals surface area contributed by atoms with Crippen LogP contribution in [0.15, 0.2) is 41.3 Å². The summed E-state index contributed by atoms with van der Waals surface area (Å²) in [5.74, 6) is 2.32. The molecule has 0 saturated carbocycles. The molecular formula is C15H15BrClN3O. The van der Waals surface area contributed by atoms with Gasteiger partial charge < -0.3 is 9.64 Å². The van der Waals surface area contributed by atoms with E-state index in [1.807, 2.05) is 18.2 Å². The van der Waals surface area contributed by atoms with Gasteiger partial charge in [0.05, 0.1) is 16.1 Å². The molecule has 110 valence electrons. The maximum atomic E-state index is 5.93. The molecule has 2 aromatic heterocycles. The van der Waals surface area contributed by atoms with Crippen LogP contribution in [-0.2, 0) is 0 Å². The SMILES string of the molecule is Clc1cnc(N2CCC(COc3ccncc3)C2)c(Br)c1. The van der Waals surface area contributed by atoms with E-state index < -0.39 is 0 Å². The Morgan fingerprint density at radius 2 is 2.19 bits per heavy atom. The molecule has 1 unspecified atom stereocenters. The first-order chi connectivity index (χ1) is 10.2. The quantitative estimate of drug-likeness (QED) is 0.823. The van der Waals surface area contributed by atoms with Gasteiger partial charge in [0, 0.05) is 37.6 Å². The predicted molar refractivity (Wildman–Crippen MR) is 87.0 cm³/mol. The van der Waals surface area contributed by atoms with Gasteiger partial charge in [0.25, 0.3) is 0 Å². The number of hydrogen-bond donors (Lipinski definition) is 0. The molecule has 3 heterocycles. The first-order valence-electron chi connectivity index (χ1n) is 6.81. The Hall–Kier alpha value is -1.33. The molecule has 0 radical (unpaired) electrons. The number of halogens is 2. The Labute approximate surface area is 137 Å². The lowest BCUT2D eigenvalue weighted by Crippen LogP contribution is -2.23. The highest BCUT2D eigenvalue weighted by atomic mass is 79.9. The number of ether oxygens (including phenoxy) is 1. The zero-order valence-electron chi connectivity index (χ0n) is 11.4. The van der Waals surface area contributed by atoms with Crippen LogP contribution in [0.3, 0.4) is 0 Å². The van der Waals surface area contributed by atoms with Gasteiger partial charge in [0.2, 0.25) is 0 Å². The third-order valence-electron chi connectivity index (χ3n) is 3.51. The maximum Gasteiger partial charge on any atom is 0.142 e. The highest BCUT2D eigenvalue weighted by molar-refractivity contribution is 9.10. The van der Waals surface area contributed by atoms with Crippen molar-refractivity contribution in [1.82, 2.24) is 9.97 Å². The summed E-state index contributed by atoms with van der Waals surface area (Å²) >= 11 is 9.46. The van der Waals surface area contributed by atoms with Crippen molar-refractivity contribution in [3.8, 4) is 5.75 Å². The molecule has 3 rings (SSSR count). The Morgan fingerprint density at radius 1 is 1.38 bits per heavy atom. The molecule has 0 aromatic carbocycles. The fourth-order valence-electron chi connectivity index (χ4n) is 2.45. The average Bonchev–Trinajstić information content (AvgIpc) is 2.95. The van der Waals surface area contributed by atoms with E-state index in [0.29, 0.717) is 17.5 Å². The Kier molecular flexibility index (Phi) is 4.60. The minimum Gasteiger partial charge on any atom is -0.493 e. The van der Waals surface area contributed by atoms with Crippen molar-refractivity contribution in [2.45, 2.75) is 6.42 Å². The predicted octanol–water partition coefficient (Wildman–Crippen LogP) is 3.80. The topological polar surface area (TPSA) is 38.2 Å². The molecule has 1 saturated heterocycles. The van der Waals surface area contributed by atoms with Crippen LogP contribution in [-0.4, -0.2) is 29.7 Å². The van der Waals surface area contributed by atoms with Crippen molar-refractivity contribution in [3.63, 3.8) is 0 Å². The summed E-state index contributed by atoms with van der Waals surface area (Å²) in [5, 5.41) is 0.641. The zero-order valence-corrected chi connectivity index (χ0v) is 13.7. The van der Waals surface area contributed by atoms with Gasteiger partial charge in [-0.15, -0.1) is 0 Å². The second kappa shape index (κ2) is 6.62. The van der Waals surface area contributed by atoms with E-state index in [1.165, 1.54) is 0 Å². The molecule has 2 aromatic rings. The molecule has 0 amide bonds. The number of hydrogen-bond acceptors (Lipinski definition) is 4. The van der Waals surface area contributed by atoms with Crippen LogP contribution < -0.4 is 9.64 Å². The lowest BCUT2D eigenvalue weighted by molar-refractivity contribution is 0.261. The van der Waals surface area contributed by atoms with Crippen LogP contribution in [0.1, 0.15) is 6.42 Å². The number of nitrogens with zero attached hydrogens (tertiary/aromatic N) is 3. The van der Waals surface area contributed by atoms with Crippen LogP contribution in [0.25, 0.3) is 0 Å². The van der Waals surface area contributed by atoms with Crippen molar-refractivity contribution in [1.29, 1.82) is 0 Å². The van der Waals surface area contributed by atoms with Crippen molar-refractivity contribution < 1.29 is 4.74 Å². The third-order valence-corrected chi connectivity index (χ3v) is 4.30. The summed E-state index contributed by atoms with van der Waals surface area (Å²) < 4.78 is 6.74. The lowest BCUT2D eigenvalue weighted by atomic mass is 10.1. The smallest absolute Gasteiger partial charge is 0.142 e. The van der Waals surface area contributed by atoms with Crippen molar-refractivity contribution in [2.24, 2.45) is 5.92 Å². The highest BCUT2D eigenvalue weighted by Gasteiger charge is 2.25. The molecule has 0 N–H and O–H groups in total. The fraction of sp³-hybridized carbons (Fsp3) is 0.333. The van der Waals surface area contributed by atoms with Crippen molar-refractivity contribution in [3.05, 3.63) is 46.3 Å². The molecule has 4 nitrogen and oxygen atoms in total. The van der Waals surface area contributed by atoms with E-state index in [4.69, 9.17) is 16.3 Å². The van der Waals surface area contributed by atoms with Gasteiger partial charge in [-0.25, -0.2) is 4.98 Å². The summed E-state index contributed by atoms with van der Waals surface area (Å²) in [4.78, 5) is 10.7. The number of aromatic nitrogens is 2. The summed E-state index contributed by atoms with van der Waals surface area (Å²) in [6.45, 7) is 2.64. The van der Waals surface area contributed by atoms with Gasteiger partial charge in [-0.05, 0) is 40.5 Å². The maximum absolute atomic E-state index is 5.93. The van der Waals surface area contributed by atoms with E-state index >= 15 is 0 Å². The van der Waals surface area contributed by atoms with E-state index in [9.17, 15) is 0 Å². The van der Waals surface area contributed by atoms with E-state index in [0.717, 1.165) is 35.6 Å². The number of rotatable bonds is 4. The first-order valence-corrected chi connectivity index (χ1v) is 7.98. The second-order valence-corrected chi connectivity index (χ2v) is 6.34. The van der Waals surface area contributed by atoms with Crippen LogP contribution >= 0.6 is 27.5 Å². The minimum absolute atomic E-state index is 0.502. The average molecular weight is 369 g/mol. The summed E-state index contributed by atoms with van der Waals surface area (Å²) in [6, 6.07) is 5.64. The highest BCUT2D eigenvalue weighted by Crippen LogP contribution is 2.30. The Balaban J connectivity index is 1.58. The largest absolute Gasteiger partial charge is 0.493 e. The number of pyridine rings is 2. The lowest BCUT2D eigenvalue weighted by Gasteiger charge is -2.19. The molecule has 0 spiro atoms. The molecule has 0 bridgehead atoms. The fourth-order valence-corrected chi connectivity index (χ4v) is 3.34. The van der Waals surface area contributed by atoms with Gasteiger partial charge >= 0.3 is 0 Å². The van der Waals surface area contributed by atoms with Gasteiger partial charge in [-0.2, -0.15) is 0 Å². The first kappa shape index (κ1) is 14.6. The summed E-state index contributed by atoms with van der Waals surface area (Å²) in [6.07, 6.45) is 6.26. The van der Waals surface area contributed by atoms with Crippen molar-refractivity contribution in [2.75, 3.05) is 24.6 Å². The van der Waals surface area contributed by atoms with E-state index in [1.54, 1.807) is 18.6 Å². The molecule has 1 aliphatic heterocycles. The summed E-state index contributed by atoms with van der Waals surface area (Å²) in [5.41, 5.74) is 0. The molecule has 21 heavy (non-hydrogen) atoms. The Bertz CT molecular complexity index is 611. The van der Waals surface area contributed by atoms with Crippen LogP contribution in [0.4, 0.5) is 5.82 Å². The monoisotopic (exact) mass is 367 g/mol. The number of anilines is 1. The molecule has 1 fully saturated rings. The Morgan fingerprint density at radius 3 is 2.95 bits per heavy atom. The molecule has 0 aliphatic carbocycles. The van der Waals surface area contributed by atoms with E-state index in [2.05, 4.69) is 30.8 Å². The van der Waals surface area contributed by atoms with Crippen molar-refractivity contribution >= 4 is 33.3 Å². The van der Waals surface area contributed by atoms with Crippen LogP contribution in [0, 0.1) is 5.92 Å². The van der Waals surface area contributed by atoms with Gasteiger partial charge in [-0.3, -0.25) is 4.98 Å². The summed E-state index contributed by atoms with van der Waals surface area (Å²) in [7, 11) is 0. The van der Waals surface area contributed by atoms with Gasteiger partial charge in [0.15, 0.2) is 0 Å². The van der Waals surface area contributed by atoms with Gasteiger partial charge in [-0.1, -0.05) is 11.6 Å². The zero-order chi connectivity index (χ0) is 14.7. The van der Waals surface area contributed by atoms with Crippen LogP contribution in [0.5, 0.6) is 5.75 Å². The molecule has 6 heteroatoms. The van der Waals surface area contributed by atoms with E-state index in [-0.39, 0.29) is 0 Å². The molecule has 1 aliphatic rings. The third kappa shape index (κ3) is 3.66. The standard InChI is InChI=1S/C15H15BrClN3O/c16-14-7-12(17)8-19-15(14)20-6-3-11(9-20)10-21-13-1-4-18-5-2-13/h1-2,4-5,7-8,11H,3,6,9-10H2. The second-order valence-electron chi connectivity index (χ2n) is 5.05. The molecular weight excluding hydrogens is 354 g/mol. The molecule has 1 atom stereocenters. The normalized spacial score (nSPS) is 18.0. The van der Waals surface area contributed by atoms with Gasteiger partial charge in [0.1, 0.15) is 11.6 Å². The minimum atomic E-state index is 0.502. The van der Waals surface area contributed by atoms with Crippen LogP contribution in [0.2, 0.25) is 5.02 Å².